The number of fused-ring (bicyclic) bond motifs is 1. The maximum atomic E-state index is 11.9. The fraction of sp³-hybridized carbons (Fsp3) is 0.550. The first-order valence-electron chi connectivity index (χ1n) is 9.44. The van der Waals surface area contributed by atoms with E-state index in [0.717, 1.165) is 45.2 Å². The smallest absolute Gasteiger partial charge is 0.323 e. The van der Waals surface area contributed by atoms with Crippen molar-refractivity contribution in [2.75, 3.05) is 20.1 Å². The van der Waals surface area contributed by atoms with E-state index < -0.39 is 11.5 Å². The van der Waals surface area contributed by atoms with Crippen molar-refractivity contribution in [2.45, 2.75) is 50.5 Å². The monoisotopic (exact) mass is 342 g/mol. The number of hydrogen-bond acceptors (Lipinski definition) is 3. The number of carbonyl (C=O) groups is 1. The van der Waals surface area contributed by atoms with Gasteiger partial charge in [0.1, 0.15) is 13.4 Å². The minimum atomic E-state index is -0.807. The largest absolute Gasteiger partial charge is 0.480 e. The summed E-state index contributed by atoms with van der Waals surface area (Å²) in [4.78, 5) is 14.3. The Balaban J connectivity index is 2.01. The normalized spacial score (nSPS) is 16.8. The highest BCUT2D eigenvalue weighted by Crippen LogP contribution is 2.25. The SMILES string of the molecule is BCCCCC(CCN1CCc2c(C=C)cccc2C1)(NC)C(=O)O. The molecule has 1 aromatic rings. The highest BCUT2D eigenvalue weighted by Gasteiger charge is 2.36. The zero-order valence-electron chi connectivity index (χ0n) is 15.7. The van der Waals surface area contributed by atoms with Crippen LogP contribution in [0.15, 0.2) is 24.8 Å². The van der Waals surface area contributed by atoms with Crippen LogP contribution in [0.1, 0.15) is 42.4 Å². The van der Waals surface area contributed by atoms with E-state index in [-0.39, 0.29) is 0 Å². The molecule has 1 heterocycles. The molecule has 4 nitrogen and oxygen atoms in total. The van der Waals surface area contributed by atoms with Gasteiger partial charge in [0.15, 0.2) is 0 Å². The standard InChI is InChI=1S/C20H31BN2O2/c1-3-16-7-6-8-17-15-23(13-9-18(16)17)14-11-20(22-2,19(24)25)10-4-5-12-21/h3,6-8,22H,1,4-5,9-15,21H2,2H3,(H,24,25). The molecule has 0 aliphatic carbocycles. The lowest BCUT2D eigenvalue weighted by Crippen LogP contribution is -2.52. The molecule has 0 saturated heterocycles. The predicted molar refractivity (Wildman–Crippen MR) is 107 cm³/mol. The van der Waals surface area contributed by atoms with E-state index in [4.69, 9.17) is 0 Å². The molecule has 1 atom stereocenters. The first-order chi connectivity index (χ1) is 12.1. The number of benzene rings is 1. The average Bonchev–Trinajstić information content (AvgIpc) is 2.63. The summed E-state index contributed by atoms with van der Waals surface area (Å²) in [5, 5.41) is 12.9. The van der Waals surface area contributed by atoms with Gasteiger partial charge in [0.05, 0.1) is 0 Å². The van der Waals surface area contributed by atoms with Crippen LogP contribution in [0.4, 0.5) is 0 Å². The highest BCUT2D eigenvalue weighted by molar-refractivity contribution is 6.08. The number of carboxylic acid groups (broad SMARTS) is 1. The third-order valence-electron chi connectivity index (χ3n) is 5.55. The summed E-state index contributed by atoms with van der Waals surface area (Å²) in [5.41, 5.74) is 3.17. The second-order valence-electron chi connectivity index (χ2n) is 7.06. The van der Waals surface area contributed by atoms with Crippen LogP contribution in [0.25, 0.3) is 6.08 Å². The van der Waals surface area contributed by atoms with Gasteiger partial charge < -0.3 is 10.4 Å². The molecule has 0 fully saturated rings. The van der Waals surface area contributed by atoms with Crippen LogP contribution in [-0.4, -0.2) is 49.5 Å². The Morgan fingerprint density at radius 3 is 2.88 bits per heavy atom. The molecule has 0 aromatic heterocycles. The molecule has 2 rings (SSSR count). The average molecular weight is 342 g/mol. The molecule has 136 valence electrons. The van der Waals surface area contributed by atoms with Crippen molar-refractivity contribution < 1.29 is 9.90 Å². The number of nitrogens with one attached hydrogen (secondary N) is 1. The highest BCUT2D eigenvalue weighted by atomic mass is 16.4. The zero-order valence-corrected chi connectivity index (χ0v) is 15.7. The van der Waals surface area contributed by atoms with Gasteiger partial charge in [-0.1, -0.05) is 50.0 Å². The maximum absolute atomic E-state index is 11.9. The van der Waals surface area contributed by atoms with Crippen LogP contribution in [-0.2, 0) is 17.8 Å². The molecule has 2 N–H and O–H groups in total. The lowest BCUT2D eigenvalue weighted by Gasteiger charge is -2.34. The lowest BCUT2D eigenvalue weighted by atomic mass is 9.86. The van der Waals surface area contributed by atoms with Crippen molar-refractivity contribution in [2.24, 2.45) is 0 Å². The lowest BCUT2D eigenvalue weighted by molar-refractivity contribution is -0.145. The Labute approximate surface area is 152 Å². The number of unbranched alkanes of at least 4 members (excludes halogenated alkanes) is 1. The fourth-order valence-corrected chi connectivity index (χ4v) is 3.80. The van der Waals surface area contributed by atoms with Gasteiger partial charge in [0.2, 0.25) is 0 Å². The van der Waals surface area contributed by atoms with Crippen LogP contribution < -0.4 is 5.32 Å². The molecule has 1 aromatic carbocycles. The Kier molecular flexibility index (Phi) is 7.27. The quantitative estimate of drug-likeness (QED) is 0.506. The topological polar surface area (TPSA) is 52.6 Å². The molecule has 1 aliphatic rings. The minimum Gasteiger partial charge on any atom is -0.480 e. The Morgan fingerprint density at radius 1 is 1.44 bits per heavy atom. The molecule has 1 aliphatic heterocycles. The van der Waals surface area contributed by atoms with Gasteiger partial charge in [-0.25, -0.2) is 0 Å². The maximum Gasteiger partial charge on any atom is 0.323 e. The second kappa shape index (κ2) is 9.21. The molecule has 0 saturated carbocycles. The van der Waals surface area contributed by atoms with Crippen LogP contribution in [0.3, 0.4) is 0 Å². The zero-order chi connectivity index (χ0) is 18.3. The van der Waals surface area contributed by atoms with Gasteiger partial charge in [0.25, 0.3) is 0 Å². The van der Waals surface area contributed by atoms with Gasteiger partial charge in [0, 0.05) is 19.6 Å². The number of aliphatic carboxylic acids is 1. The summed E-state index contributed by atoms with van der Waals surface area (Å²) in [5.74, 6) is -0.725. The number of carboxylic acids is 1. The number of hydrogen-bond donors (Lipinski definition) is 2. The van der Waals surface area contributed by atoms with Crippen molar-refractivity contribution in [3.63, 3.8) is 0 Å². The van der Waals surface area contributed by atoms with Gasteiger partial charge in [-0.05, 0) is 43.0 Å². The molecule has 0 bridgehead atoms. The number of likely N-dealkylation sites (N-methyl/N-ethyl adjacent to an activating group) is 1. The van der Waals surface area contributed by atoms with Gasteiger partial charge in [-0.15, -0.1) is 0 Å². The number of nitrogens with zero attached hydrogens (tertiary/aromatic N) is 1. The summed E-state index contributed by atoms with van der Waals surface area (Å²) in [6.45, 7) is 6.58. The minimum absolute atomic E-state index is 0.638. The predicted octanol–water partition coefficient (Wildman–Crippen LogP) is 2.34. The molecule has 0 spiro atoms. The summed E-state index contributed by atoms with van der Waals surface area (Å²) >= 11 is 0. The van der Waals surface area contributed by atoms with Crippen LogP contribution in [0.5, 0.6) is 0 Å². The third kappa shape index (κ3) is 4.74. The summed E-state index contributed by atoms with van der Waals surface area (Å²) in [6.07, 6.45) is 7.41. The van der Waals surface area contributed by atoms with Crippen molar-refractivity contribution >= 4 is 19.9 Å². The Morgan fingerprint density at radius 2 is 2.24 bits per heavy atom. The third-order valence-corrected chi connectivity index (χ3v) is 5.55. The Bertz CT molecular complexity index is 605. The fourth-order valence-electron chi connectivity index (χ4n) is 3.80. The van der Waals surface area contributed by atoms with Crippen LogP contribution >= 0.6 is 0 Å². The van der Waals surface area contributed by atoms with E-state index in [1.807, 2.05) is 6.08 Å². The molecule has 1 unspecified atom stereocenters. The molecule has 25 heavy (non-hydrogen) atoms. The molecular weight excluding hydrogens is 311 g/mol. The van der Waals surface area contributed by atoms with Gasteiger partial charge >= 0.3 is 5.97 Å². The van der Waals surface area contributed by atoms with Gasteiger partial charge in [-0.2, -0.15) is 0 Å². The first kappa shape index (κ1) is 19.7. The van der Waals surface area contributed by atoms with E-state index in [0.29, 0.717) is 12.8 Å². The van der Waals surface area contributed by atoms with E-state index in [1.54, 1.807) is 7.05 Å². The van der Waals surface area contributed by atoms with Gasteiger partial charge in [-0.3, -0.25) is 9.69 Å². The molecule has 0 amide bonds. The van der Waals surface area contributed by atoms with Crippen molar-refractivity contribution in [3.8, 4) is 0 Å². The van der Waals surface area contributed by atoms with E-state index in [1.165, 1.54) is 16.7 Å². The van der Waals surface area contributed by atoms with Crippen molar-refractivity contribution in [1.82, 2.24) is 10.2 Å². The van der Waals surface area contributed by atoms with E-state index in [9.17, 15) is 9.90 Å². The summed E-state index contributed by atoms with van der Waals surface area (Å²) in [7, 11) is 3.92. The number of rotatable bonds is 10. The van der Waals surface area contributed by atoms with Crippen LogP contribution in [0.2, 0.25) is 6.32 Å². The van der Waals surface area contributed by atoms with Crippen LogP contribution in [0, 0.1) is 0 Å². The molecule has 0 radical (unpaired) electrons. The van der Waals surface area contributed by atoms with E-state index in [2.05, 4.69) is 42.8 Å². The second-order valence-corrected chi connectivity index (χ2v) is 7.06. The first-order valence-corrected chi connectivity index (χ1v) is 9.44. The van der Waals surface area contributed by atoms with Crippen molar-refractivity contribution in [1.29, 1.82) is 0 Å². The summed E-state index contributed by atoms with van der Waals surface area (Å²) < 4.78 is 0. The summed E-state index contributed by atoms with van der Waals surface area (Å²) in [6, 6.07) is 6.38. The molecular formula is C20H31BN2O2. The van der Waals surface area contributed by atoms with Crippen molar-refractivity contribution in [3.05, 3.63) is 41.5 Å². The molecule has 5 heteroatoms. The van der Waals surface area contributed by atoms with E-state index >= 15 is 0 Å². The Hall–Kier alpha value is -1.59.